The van der Waals surface area contributed by atoms with Crippen molar-refractivity contribution in [2.45, 2.75) is 0 Å². The number of benzene rings is 2. The first-order chi connectivity index (χ1) is 9.54. The molecule has 2 N–H and O–H groups in total. The Morgan fingerprint density at radius 3 is 2.50 bits per heavy atom. The van der Waals surface area contributed by atoms with Gasteiger partial charge in [-0.2, -0.15) is 0 Å². The number of carbonyl (C=O) groups is 1. The van der Waals surface area contributed by atoms with E-state index in [2.05, 4.69) is 9.97 Å². The van der Waals surface area contributed by atoms with E-state index in [4.69, 9.17) is 28.3 Å². The number of para-hydroxylation sites is 1. The predicted octanol–water partition coefficient (Wildman–Crippen LogP) is 4.23. The minimum Gasteiger partial charge on any atom is -0.478 e. The van der Waals surface area contributed by atoms with Crippen LogP contribution in [0.15, 0.2) is 36.4 Å². The van der Waals surface area contributed by atoms with Gasteiger partial charge < -0.3 is 10.1 Å². The third-order valence-corrected chi connectivity index (χ3v) is 3.32. The third kappa shape index (κ3) is 2.24. The van der Waals surface area contributed by atoms with E-state index in [0.717, 1.165) is 0 Å². The fraction of sp³-hybridized carbons (Fsp3) is 0. The molecule has 0 radical (unpaired) electrons. The summed E-state index contributed by atoms with van der Waals surface area (Å²) in [5, 5.41) is 10.1. The maximum absolute atomic E-state index is 11.2. The average molecular weight is 307 g/mol. The summed E-state index contributed by atoms with van der Waals surface area (Å²) in [6.07, 6.45) is 0. The molecule has 6 heteroatoms. The fourth-order valence-electron chi connectivity index (χ4n) is 2.03. The lowest BCUT2D eigenvalue weighted by Crippen LogP contribution is -1.96. The number of fused-ring (bicyclic) bond motifs is 1. The van der Waals surface area contributed by atoms with Gasteiger partial charge in [-0.05, 0) is 30.3 Å². The summed E-state index contributed by atoms with van der Waals surface area (Å²) >= 11 is 11.9. The Morgan fingerprint density at radius 1 is 1.15 bits per heavy atom. The number of aromatic nitrogens is 2. The van der Waals surface area contributed by atoms with Gasteiger partial charge in [-0.25, -0.2) is 9.78 Å². The first-order valence-corrected chi connectivity index (χ1v) is 6.48. The Kier molecular flexibility index (Phi) is 3.12. The minimum atomic E-state index is -1.02. The van der Waals surface area contributed by atoms with E-state index in [-0.39, 0.29) is 5.56 Å². The van der Waals surface area contributed by atoms with E-state index in [9.17, 15) is 4.79 Å². The molecule has 0 bridgehead atoms. The molecule has 4 nitrogen and oxygen atoms in total. The van der Waals surface area contributed by atoms with E-state index < -0.39 is 5.97 Å². The number of aromatic carboxylic acids is 1. The number of hydrogen-bond acceptors (Lipinski definition) is 2. The molecular formula is C14H8Cl2N2O2. The van der Waals surface area contributed by atoms with Gasteiger partial charge in [0.15, 0.2) is 0 Å². The van der Waals surface area contributed by atoms with Gasteiger partial charge in [0, 0.05) is 15.6 Å². The Bertz CT molecular complexity index is 807. The van der Waals surface area contributed by atoms with Crippen LogP contribution in [0.2, 0.25) is 10.0 Å². The highest BCUT2D eigenvalue weighted by atomic mass is 35.5. The molecule has 0 spiro atoms. The summed E-state index contributed by atoms with van der Waals surface area (Å²) < 4.78 is 0. The van der Waals surface area contributed by atoms with Crippen LogP contribution < -0.4 is 0 Å². The van der Waals surface area contributed by atoms with Gasteiger partial charge in [0.1, 0.15) is 11.3 Å². The number of carboxylic acid groups (broad SMARTS) is 1. The van der Waals surface area contributed by atoms with Crippen molar-refractivity contribution < 1.29 is 9.90 Å². The molecule has 0 amide bonds. The molecule has 0 atom stereocenters. The summed E-state index contributed by atoms with van der Waals surface area (Å²) in [6, 6.07) is 10.00. The Morgan fingerprint density at radius 2 is 1.85 bits per heavy atom. The zero-order chi connectivity index (χ0) is 14.3. The van der Waals surface area contributed by atoms with Crippen LogP contribution in [0.1, 0.15) is 10.4 Å². The van der Waals surface area contributed by atoms with E-state index in [1.165, 1.54) is 6.07 Å². The molecule has 2 aromatic carbocycles. The van der Waals surface area contributed by atoms with Gasteiger partial charge in [-0.15, -0.1) is 0 Å². The van der Waals surface area contributed by atoms with Crippen LogP contribution in [0.25, 0.3) is 22.4 Å². The van der Waals surface area contributed by atoms with E-state index in [0.29, 0.717) is 32.5 Å². The molecule has 20 heavy (non-hydrogen) atoms. The molecule has 0 aliphatic heterocycles. The van der Waals surface area contributed by atoms with Crippen molar-refractivity contribution in [1.29, 1.82) is 0 Å². The lowest BCUT2D eigenvalue weighted by molar-refractivity contribution is 0.0699. The van der Waals surface area contributed by atoms with Crippen molar-refractivity contribution in [1.82, 2.24) is 9.97 Å². The molecule has 1 heterocycles. The number of imidazole rings is 1. The van der Waals surface area contributed by atoms with Crippen molar-refractivity contribution in [2.75, 3.05) is 0 Å². The second kappa shape index (κ2) is 4.81. The van der Waals surface area contributed by atoms with Crippen molar-refractivity contribution in [3.8, 4) is 11.4 Å². The van der Waals surface area contributed by atoms with Crippen LogP contribution >= 0.6 is 23.2 Å². The van der Waals surface area contributed by atoms with Crippen LogP contribution in [0.5, 0.6) is 0 Å². The summed E-state index contributed by atoms with van der Waals surface area (Å²) in [6.45, 7) is 0. The topological polar surface area (TPSA) is 66.0 Å². The van der Waals surface area contributed by atoms with Gasteiger partial charge in [0.25, 0.3) is 0 Å². The van der Waals surface area contributed by atoms with Crippen LogP contribution in [0.3, 0.4) is 0 Å². The molecule has 0 aliphatic carbocycles. The van der Waals surface area contributed by atoms with Gasteiger partial charge in [-0.1, -0.05) is 29.3 Å². The number of aromatic amines is 1. The highest BCUT2D eigenvalue weighted by Crippen LogP contribution is 2.28. The monoisotopic (exact) mass is 306 g/mol. The maximum Gasteiger partial charge on any atom is 0.337 e. The molecule has 0 fully saturated rings. The second-order valence-electron chi connectivity index (χ2n) is 4.25. The minimum absolute atomic E-state index is 0.151. The predicted molar refractivity (Wildman–Crippen MR) is 78.5 cm³/mol. The summed E-state index contributed by atoms with van der Waals surface area (Å²) in [7, 11) is 0. The smallest absolute Gasteiger partial charge is 0.337 e. The van der Waals surface area contributed by atoms with E-state index in [1.54, 1.807) is 30.3 Å². The summed E-state index contributed by atoms with van der Waals surface area (Å²) in [5.74, 6) is -0.490. The van der Waals surface area contributed by atoms with Crippen LogP contribution in [0, 0.1) is 0 Å². The van der Waals surface area contributed by atoms with Gasteiger partial charge >= 0.3 is 5.97 Å². The third-order valence-electron chi connectivity index (χ3n) is 2.88. The van der Waals surface area contributed by atoms with Crippen LogP contribution in [-0.2, 0) is 0 Å². The number of halogens is 2. The lowest BCUT2D eigenvalue weighted by atomic mass is 10.2. The van der Waals surface area contributed by atoms with Crippen molar-refractivity contribution in [3.63, 3.8) is 0 Å². The van der Waals surface area contributed by atoms with Crippen molar-refractivity contribution in [3.05, 3.63) is 52.0 Å². The molecule has 0 saturated carbocycles. The first kappa shape index (κ1) is 13.0. The zero-order valence-corrected chi connectivity index (χ0v) is 11.5. The Balaban J connectivity index is 2.23. The molecule has 0 saturated heterocycles. The standard InChI is InChI=1S/C14H8Cl2N2O2/c15-8-4-7(5-9(16)6-8)13-17-11-3-1-2-10(14(19)20)12(11)18-13/h1-6H,(H,17,18)(H,19,20). The van der Waals surface area contributed by atoms with Gasteiger partial charge in [0.05, 0.1) is 11.1 Å². The molecular weight excluding hydrogens is 299 g/mol. The molecule has 0 unspecified atom stereocenters. The Labute approximate surface area is 124 Å². The van der Waals surface area contributed by atoms with Crippen molar-refractivity contribution in [2.24, 2.45) is 0 Å². The van der Waals surface area contributed by atoms with Crippen molar-refractivity contribution >= 4 is 40.2 Å². The van der Waals surface area contributed by atoms with Gasteiger partial charge in [-0.3, -0.25) is 0 Å². The van der Waals surface area contributed by atoms with E-state index in [1.807, 2.05) is 0 Å². The SMILES string of the molecule is O=C(O)c1cccc2[nH]c(-c3cc(Cl)cc(Cl)c3)nc12. The zero-order valence-electron chi connectivity index (χ0n) is 10.0. The molecule has 100 valence electrons. The largest absolute Gasteiger partial charge is 0.478 e. The van der Waals surface area contributed by atoms with E-state index >= 15 is 0 Å². The average Bonchev–Trinajstić information content (AvgIpc) is 2.80. The molecule has 1 aromatic heterocycles. The normalized spacial score (nSPS) is 10.9. The van der Waals surface area contributed by atoms with Gasteiger partial charge in [0.2, 0.25) is 0 Å². The number of rotatable bonds is 2. The number of nitrogens with zero attached hydrogens (tertiary/aromatic N) is 1. The van der Waals surface area contributed by atoms with Crippen LogP contribution in [-0.4, -0.2) is 21.0 Å². The molecule has 0 aliphatic rings. The highest BCUT2D eigenvalue weighted by Gasteiger charge is 2.13. The quantitative estimate of drug-likeness (QED) is 0.744. The number of nitrogens with one attached hydrogen (secondary N) is 1. The van der Waals surface area contributed by atoms with Crippen LogP contribution in [0.4, 0.5) is 0 Å². The summed E-state index contributed by atoms with van der Waals surface area (Å²) in [5.41, 5.74) is 1.91. The molecule has 3 rings (SSSR count). The first-order valence-electron chi connectivity index (χ1n) is 5.73. The number of carboxylic acids is 1. The second-order valence-corrected chi connectivity index (χ2v) is 5.12. The Hall–Kier alpha value is -2.04. The number of hydrogen-bond donors (Lipinski definition) is 2. The maximum atomic E-state index is 11.2. The summed E-state index contributed by atoms with van der Waals surface area (Å²) in [4.78, 5) is 18.6. The molecule has 3 aromatic rings. The fourth-order valence-corrected chi connectivity index (χ4v) is 2.56. The lowest BCUT2D eigenvalue weighted by Gasteiger charge is -1.99. The number of H-pyrrole nitrogens is 1. The highest BCUT2D eigenvalue weighted by molar-refractivity contribution is 6.35.